The standard InChI is InChI=1S/C7H13N3O/c1-9(2)6-5-7(10(3)4)11-8-6/h5H,1-4H3. The van der Waals surface area contributed by atoms with Crippen molar-refractivity contribution in [3.63, 3.8) is 0 Å². The van der Waals surface area contributed by atoms with Crippen molar-refractivity contribution in [3.8, 4) is 0 Å². The van der Waals surface area contributed by atoms with Crippen LogP contribution >= 0.6 is 0 Å². The molecule has 1 heterocycles. The van der Waals surface area contributed by atoms with Gasteiger partial charge in [-0.2, -0.15) is 0 Å². The molecule has 0 saturated carbocycles. The van der Waals surface area contributed by atoms with Gasteiger partial charge in [0.1, 0.15) is 0 Å². The minimum atomic E-state index is 0.772. The summed E-state index contributed by atoms with van der Waals surface area (Å²) in [4.78, 5) is 3.77. The van der Waals surface area contributed by atoms with Gasteiger partial charge >= 0.3 is 0 Å². The number of hydrogen-bond acceptors (Lipinski definition) is 4. The van der Waals surface area contributed by atoms with Gasteiger partial charge in [-0.05, 0) is 0 Å². The molecule has 62 valence electrons. The van der Waals surface area contributed by atoms with Crippen molar-refractivity contribution in [2.24, 2.45) is 0 Å². The maximum absolute atomic E-state index is 5.02. The van der Waals surface area contributed by atoms with Crippen LogP contribution in [0.2, 0.25) is 0 Å². The van der Waals surface area contributed by atoms with E-state index < -0.39 is 0 Å². The molecule has 0 amide bonds. The Morgan fingerprint density at radius 1 is 1.18 bits per heavy atom. The molecule has 0 spiro atoms. The van der Waals surface area contributed by atoms with Crippen LogP contribution in [0.3, 0.4) is 0 Å². The fourth-order valence-corrected chi connectivity index (χ4v) is 0.678. The summed E-state index contributed by atoms with van der Waals surface area (Å²) < 4.78 is 5.02. The van der Waals surface area contributed by atoms with Crippen LogP contribution in [0.25, 0.3) is 0 Å². The monoisotopic (exact) mass is 155 g/mol. The predicted molar refractivity (Wildman–Crippen MR) is 45.2 cm³/mol. The van der Waals surface area contributed by atoms with Gasteiger partial charge in [0.05, 0.1) is 0 Å². The fraction of sp³-hybridized carbons (Fsp3) is 0.571. The maximum atomic E-state index is 5.02. The van der Waals surface area contributed by atoms with Crippen LogP contribution in [-0.4, -0.2) is 33.3 Å². The van der Waals surface area contributed by atoms with E-state index in [1.165, 1.54) is 0 Å². The van der Waals surface area contributed by atoms with Crippen LogP contribution in [0.15, 0.2) is 10.6 Å². The van der Waals surface area contributed by atoms with Crippen molar-refractivity contribution < 1.29 is 4.52 Å². The molecular weight excluding hydrogens is 142 g/mol. The number of anilines is 2. The van der Waals surface area contributed by atoms with Crippen LogP contribution in [0.4, 0.5) is 11.7 Å². The lowest BCUT2D eigenvalue weighted by molar-refractivity contribution is 0.424. The first-order chi connectivity index (χ1) is 5.11. The molecule has 0 unspecified atom stereocenters. The van der Waals surface area contributed by atoms with E-state index in [4.69, 9.17) is 4.52 Å². The van der Waals surface area contributed by atoms with Gasteiger partial charge in [-0.15, -0.1) is 0 Å². The van der Waals surface area contributed by atoms with Gasteiger partial charge < -0.3 is 14.3 Å². The average Bonchev–Trinajstić information content (AvgIpc) is 2.33. The van der Waals surface area contributed by atoms with Crippen molar-refractivity contribution >= 4 is 11.7 Å². The summed E-state index contributed by atoms with van der Waals surface area (Å²) in [7, 11) is 7.69. The molecule has 0 radical (unpaired) electrons. The van der Waals surface area contributed by atoms with E-state index in [0.29, 0.717) is 0 Å². The third-order valence-corrected chi connectivity index (χ3v) is 1.38. The summed E-state index contributed by atoms with van der Waals surface area (Å²) >= 11 is 0. The van der Waals surface area contributed by atoms with Crippen molar-refractivity contribution in [2.75, 3.05) is 38.0 Å². The van der Waals surface area contributed by atoms with E-state index in [0.717, 1.165) is 11.7 Å². The summed E-state index contributed by atoms with van der Waals surface area (Å²) in [6.45, 7) is 0. The summed E-state index contributed by atoms with van der Waals surface area (Å²) in [5.74, 6) is 1.61. The van der Waals surface area contributed by atoms with Crippen LogP contribution in [0.1, 0.15) is 0 Å². The molecule has 0 aliphatic rings. The third kappa shape index (κ3) is 1.63. The predicted octanol–water partition coefficient (Wildman–Crippen LogP) is 0.807. The SMILES string of the molecule is CN(C)c1cc(N(C)C)on1. The van der Waals surface area contributed by atoms with E-state index in [1.54, 1.807) is 0 Å². The summed E-state index contributed by atoms with van der Waals surface area (Å²) in [5.41, 5.74) is 0. The number of nitrogens with zero attached hydrogens (tertiary/aromatic N) is 3. The van der Waals surface area contributed by atoms with Crippen LogP contribution in [-0.2, 0) is 0 Å². The molecule has 4 nitrogen and oxygen atoms in total. The quantitative estimate of drug-likeness (QED) is 0.632. The van der Waals surface area contributed by atoms with Gasteiger partial charge in [0.2, 0.25) is 5.88 Å². The second-order valence-electron chi connectivity index (χ2n) is 2.81. The molecule has 0 bridgehead atoms. The molecule has 0 aliphatic heterocycles. The topological polar surface area (TPSA) is 32.5 Å². The van der Waals surface area contributed by atoms with E-state index in [2.05, 4.69) is 5.16 Å². The van der Waals surface area contributed by atoms with E-state index in [-0.39, 0.29) is 0 Å². The largest absolute Gasteiger partial charge is 0.360 e. The molecule has 0 aromatic carbocycles. The Kier molecular flexibility index (Phi) is 2.03. The molecule has 11 heavy (non-hydrogen) atoms. The minimum absolute atomic E-state index is 0.772. The van der Waals surface area contributed by atoms with Crippen molar-refractivity contribution in [1.82, 2.24) is 5.16 Å². The number of hydrogen-bond donors (Lipinski definition) is 0. The Morgan fingerprint density at radius 3 is 2.09 bits per heavy atom. The van der Waals surface area contributed by atoms with Gasteiger partial charge in [0.15, 0.2) is 5.82 Å². The van der Waals surface area contributed by atoms with Crippen LogP contribution < -0.4 is 9.80 Å². The van der Waals surface area contributed by atoms with Crippen LogP contribution in [0.5, 0.6) is 0 Å². The van der Waals surface area contributed by atoms with Crippen LogP contribution in [0, 0.1) is 0 Å². The number of aromatic nitrogens is 1. The Hall–Kier alpha value is -1.19. The van der Waals surface area contributed by atoms with Gasteiger partial charge in [-0.25, -0.2) is 0 Å². The highest BCUT2D eigenvalue weighted by Crippen LogP contribution is 2.17. The molecule has 1 aromatic heterocycles. The Labute approximate surface area is 66.4 Å². The zero-order valence-electron chi connectivity index (χ0n) is 7.33. The molecule has 1 rings (SSSR count). The maximum Gasteiger partial charge on any atom is 0.228 e. The Bertz CT molecular complexity index is 207. The molecule has 0 aliphatic carbocycles. The second-order valence-corrected chi connectivity index (χ2v) is 2.81. The molecule has 0 saturated heterocycles. The first-order valence-electron chi connectivity index (χ1n) is 3.42. The lowest BCUT2D eigenvalue weighted by Gasteiger charge is -2.05. The van der Waals surface area contributed by atoms with Crippen molar-refractivity contribution in [2.45, 2.75) is 0 Å². The molecule has 4 heteroatoms. The van der Waals surface area contributed by atoms with Gasteiger partial charge in [0.25, 0.3) is 0 Å². The van der Waals surface area contributed by atoms with Gasteiger partial charge in [-0.3, -0.25) is 0 Å². The van der Waals surface area contributed by atoms with E-state index in [1.807, 2.05) is 44.1 Å². The van der Waals surface area contributed by atoms with E-state index >= 15 is 0 Å². The minimum Gasteiger partial charge on any atom is -0.360 e. The third-order valence-electron chi connectivity index (χ3n) is 1.38. The Morgan fingerprint density at radius 2 is 1.82 bits per heavy atom. The average molecular weight is 155 g/mol. The summed E-state index contributed by atoms with van der Waals surface area (Å²) in [6, 6.07) is 1.89. The van der Waals surface area contributed by atoms with E-state index in [9.17, 15) is 0 Å². The molecular formula is C7H13N3O. The zero-order valence-corrected chi connectivity index (χ0v) is 7.33. The summed E-state index contributed by atoms with van der Waals surface area (Å²) in [6.07, 6.45) is 0. The molecule has 0 N–H and O–H groups in total. The second kappa shape index (κ2) is 2.82. The highest BCUT2D eigenvalue weighted by atomic mass is 16.5. The Balaban J connectivity index is 2.82. The van der Waals surface area contributed by atoms with Gasteiger partial charge in [-0.1, -0.05) is 5.16 Å². The molecule has 1 aromatic rings. The summed E-state index contributed by atoms with van der Waals surface area (Å²) in [5, 5.41) is 3.85. The normalized spacial score (nSPS) is 9.82. The highest BCUT2D eigenvalue weighted by molar-refractivity contribution is 5.46. The smallest absolute Gasteiger partial charge is 0.228 e. The first-order valence-corrected chi connectivity index (χ1v) is 3.42. The number of rotatable bonds is 2. The lowest BCUT2D eigenvalue weighted by Crippen LogP contribution is -2.09. The molecule has 0 fully saturated rings. The fourth-order valence-electron chi connectivity index (χ4n) is 0.678. The first kappa shape index (κ1) is 7.91. The van der Waals surface area contributed by atoms with Gasteiger partial charge in [0, 0.05) is 34.3 Å². The lowest BCUT2D eigenvalue weighted by atomic mass is 10.5. The molecule has 0 atom stereocenters. The highest BCUT2D eigenvalue weighted by Gasteiger charge is 2.05. The zero-order chi connectivity index (χ0) is 8.43. The van der Waals surface area contributed by atoms with Crippen molar-refractivity contribution in [3.05, 3.63) is 6.07 Å². The van der Waals surface area contributed by atoms with Crippen molar-refractivity contribution in [1.29, 1.82) is 0 Å².